The second kappa shape index (κ2) is 7.56. The zero-order valence-electron chi connectivity index (χ0n) is 15.9. The second-order valence-corrected chi connectivity index (χ2v) is 9.12. The van der Waals surface area contributed by atoms with Gasteiger partial charge < -0.3 is 9.64 Å². The summed E-state index contributed by atoms with van der Waals surface area (Å²) in [7, 11) is -3.60. The molecule has 2 aliphatic rings. The molecule has 1 saturated heterocycles. The van der Waals surface area contributed by atoms with Crippen molar-refractivity contribution in [1.82, 2.24) is 4.31 Å². The molecular formula is C21H24N2O4S. The molecule has 0 radical (unpaired) electrons. The Balaban J connectivity index is 1.69. The fourth-order valence-electron chi connectivity index (χ4n) is 3.79. The van der Waals surface area contributed by atoms with Gasteiger partial charge in [-0.15, -0.1) is 0 Å². The van der Waals surface area contributed by atoms with Crippen LogP contribution in [0.3, 0.4) is 0 Å². The van der Waals surface area contributed by atoms with Crippen LogP contribution in [-0.2, 0) is 10.0 Å². The average molecular weight is 401 g/mol. The molecule has 4 rings (SSSR count). The van der Waals surface area contributed by atoms with Gasteiger partial charge in [0.15, 0.2) is 0 Å². The first-order chi connectivity index (χ1) is 13.5. The van der Waals surface area contributed by atoms with Crippen LogP contribution in [0.2, 0.25) is 0 Å². The number of fused-ring (bicyclic) bond motifs is 1. The van der Waals surface area contributed by atoms with Crippen LogP contribution in [0.25, 0.3) is 0 Å². The molecule has 6 nitrogen and oxygen atoms in total. The largest absolute Gasteiger partial charge is 0.490 e. The molecule has 0 atom stereocenters. The third kappa shape index (κ3) is 3.40. The van der Waals surface area contributed by atoms with Crippen LogP contribution in [0.5, 0.6) is 5.75 Å². The smallest absolute Gasteiger partial charge is 0.258 e. The molecular weight excluding hydrogens is 376 g/mol. The lowest BCUT2D eigenvalue weighted by Crippen LogP contribution is -2.38. The SMILES string of the molecule is Cc1ccc(C(=O)N2CCOc3ccccc32)cc1S(=O)(=O)N1CCCCC1. The van der Waals surface area contributed by atoms with Crippen LogP contribution >= 0.6 is 0 Å². The van der Waals surface area contributed by atoms with Gasteiger partial charge in [0.2, 0.25) is 10.0 Å². The minimum absolute atomic E-state index is 0.217. The summed E-state index contributed by atoms with van der Waals surface area (Å²) in [5, 5.41) is 0. The number of carbonyl (C=O) groups is 1. The van der Waals surface area contributed by atoms with E-state index in [2.05, 4.69) is 0 Å². The number of nitrogens with zero attached hydrogens (tertiary/aromatic N) is 2. The minimum atomic E-state index is -3.60. The molecule has 2 aromatic rings. The van der Waals surface area contributed by atoms with Gasteiger partial charge in [0.05, 0.1) is 17.1 Å². The Morgan fingerprint density at radius 3 is 2.54 bits per heavy atom. The Bertz CT molecular complexity index is 997. The van der Waals surface area contributed by atoms with Gasteiger partial charge in [-0.3, -0.25) is 4.79 Å². The highest BCUT2D eigenvalue weighted by Crippen LogP contribution is 2.32. The minimum Gasteiger partial charge on any atom is -0.490 e. The molecule has 0 spiro atoms. The number of aryl methyl sites for hydroxylation is 1. The summed E-state index contributed by atoms with van der Waals surface area (Å²) >= 11 is 0. The lowest BCUT2D eigenvalue weighted by molar-refractivity contribution is 0.0976. The van der Waals surface area contributed by atoms with Gasteiger partial charge in [-0.25, -0.2) is 8.42 Å². The first kappa shape index (κ1) is 19.0. The number of hydrogen-bond donors (Lipinski definition) is 0. The molecule has 1 amide bonds. The fraction of sp³-hybridized carbons (Fsp3) is 0.381. The van der Waals surface area contributed by atoms with E-state index in [9.17, 15) is 13.2 Å². The van der Waals surface area contributed by atoms with Crippen LogP contribution in [0.1, 0.15) is 35.2 Å². The summed E-state index contributed by atoms with van der Waals surface area (Å²) in [4.78, 5) is 15.1. The number of carbonyl (C=O) groups excluding carboxylic acids is 1. The molecule has 0 unspecified atom stereocenters. The number of benzene rings is 2. The third-order valence-electron chi connectivity index (χ3n) is 5.34. The number of hydrogen-bond acceptors (Lipinski definition) is 4. The quantitative estimate of drug-likeness (QED) is 0.794. The van der Waals surface area contributed by atoms with E-state index in [1.54, 1.807) is 24.0 Å². The number of para-hydroxylation sites is 2. The van der Waals surface area contributed by atoms with Gasteiger partial charge in [-0.2, -0.15) is 4.31 Å². The van der Waals surface area contributed by atoms with E-state index >= 15 is 0 Å². The number of sulfonamides is 1. The molecule has 7 heteroatoms. The Morgan fingerprint density at radius 2 is 1.75 bits per heavy atom. The summed E-state index contributed by atoms with van der Waals surface area (Å²) in [5.41, 5.74) is 1.74. The number of amides is 1. The molecule has 2 heterocycles. The van der Waals surface area contributed by atoms with E-state index in [-0.39, 0.29) is 10.8 Å². The van der Waals surface area contributed by atoms with Crippen molar-refractivity contribution >= 4 is 21.6 Å². The Labute approximate surface area is 165 Å². The van der Waals surface area contributed by atoms with Crippen LogP contribution in [0.4, 0.5) is 5.69 Å². The summed E-state index contributed by atoms with van der Waals surface area (Å²) in [6.45, 7) is 3.69. The van der Waals surface area contributed by atoms with Crippen molar-refractivity contribution in [1.29, 1.82) is 0 Å². The Hall–Kier alpha value is -2.38. The van der Waals surface area contributed by atoms with Crippen molar-refractivity contribution in [3.8, 4) is 5.75 Å². The van der Waals surface area contributed by atoms with Gasteiger partial charge in [-0.1, -0.05) is 24.6 Å². The summed E-state index contributed by atoms with van der Waals surface area (Å²) in [5.74, 6) is 0.446. The van der Waals surface area contributed by atoms with E-state index in [4.69, 9.17) is 4.74 Å². The third-order valence-corrected chi connectivity index (χ3v) is 7.38. The maximum atomic E-state index is 13.2. The van der Waals surface area contributed by atoms with Crippen molar-refractivity contribution in [3.05, 3.63) is 53.6 Å². The summed E-state index contributed by atoms with van der Waals surface area (Å²) < 4.78 is 33.4. The van der Waals surface area contributed by atoms with E-state index < -0.39 is 10.0 Å². The van der Waals surface area contributed by atoms with E-state index in [0.29, 0.717) is 48.8 Å². The highest BCUT2D eigenvalue weighted by molar-refractivity contribution is 7.89. The van der Waals surface area contributed by atoms with Crippen LogP contribution < -0.4 is 9.64 Å². The van der Waals surface area contributed by atoms with E-state index in [1.807, 2.05) is 24.3 Å². The zero-order chi connectivity index (χ0) is 19.7. The number of anilines is 1. The molecule has 148 valence electrons. The van der Waals surface area contributed by atoms with Crippen LogP contribution in [-0.4, -0.2) is 44.9 Å². The molecule has 0 saturated carbocycles. The van der Waals surface area contributed by atoms with Crippen molar-refractivity contribution in [3.63, 3.8) is 0 Å². The monoisotopic (exact) mass is 400 g/mol. The predicted octanol–water partition coefficient (Wildman–Crippen LogP) is 3.21. The topological polar surface area (TPSA) is 66.9 Å². The number of ether oxygens (including phenoxy) is 1. The van der Waals surface area contributed by atoms with Crippen LogP contribution in [0.15, 0.2) is 47.4 Å². The van der Waals surface area contributed by atoms with Crippen LogP contribution in [0, 0.1) is 6.92 Å². The lowest BCUT2D eigenvalue weighted by Gasteiger charge is -2.30. The molecule has 0 aliphatic carbocycles. The van der Waals surface area contributed by atoms with Gasteiger partial charge in [0.1, 0.15) is 12.4 Å². The van der Waals surface area contributed by atoms with Gasteiger partial charge in [0.25, 0.3) is 5.91 Å². The molecule has 2 aromatic carbocycles. The summed E-state index contributed by atoms with van der Waals surface area (Å²) in [6, 6.07) is 12.3. The first-order valence-corrected chi connectivity index (χ1v) is 11.1. The van der Waals surface area contributed by atoms with Crippen molar-refractivity contribution in [2.45, 2.75) is 31.1 Å². The van der Waals surface area contributed by atoms with Gasteiger partial charge >= 0.3 is 0 Å². The maximum Gasteiger partial charge on any atom is 0.258 e. The van der Waals surface area contributed by atoms with E-state index in [0.717, 1.165) is 19.3 Å². The van der Waals surface area contributed by atoms with E-state index in [1.165, 1.54) is 10.4 Å². The molecule has 0 bridgehead atoms. The molecule has 0 N–H and O–H groups in total. The lowest BCUT2D eigenvalue weighted by atomic mass is 10.1. The highest BCUT2D eigenvalue weighted by Gasteiger charge is 2.30. The second-order valence-electron chi connectivity index (χ2n) is 7.22. The van der Waals surface area contributed by atoms with Gasteiger partial charge in [-0.05, 0) is 49.6 Å². The normalized spacial score (nSPS) is 17.7. The predicted molar refractivity (Wildman–Crippen MR) is 107 cm³/mol. The maximum absolute atomic E-state index is 13.2. The van der Waals surface area contributed by atoms with Gasteiger partial charge in [0, 0.05) is 18.7 Å². The standard InChI is InChI=1S/C21H24N2O4S/c1-16-9-10-17(15-20(16)28(25,26)22-11-5-2-6-12-22)21(24)23-13-14-27-19-8-4-3-7-18(19)23/h3-4,7-10,15H,2,5-6,11-14H2,1H3. The van der Waals surface area contributed by atoms with Crippen molar-refractivity contribution < 1.29 is 17.9 Å². The molecule has 28 heavy (non-hydrogen) atoms. The highest BCUT2D eigenvalue weighted by atomic mass is 32.2. The Morgan fingerprint density at radius 1 is 1.00 bits per heavy atom. The van der Waals surface area contributed by atoms with Crippen molar-refractivity contribution in [2.75, 3.05) is 31.1 Å². The average Bonchev–Trinajstić information content (AvgIpc) is 2.73. The molecule has 1 fully saturated rings. The molecule has 2 aliphatic heterocycles. The first-order valence-electron chi connectivity index (χ1n) is 9.63. The zero-order valence-corrected chi connectivity index (χ0v) is 16.7. The number of rotatable bonds is 3. The summed E-state index contributed by atoms with van der Waals surface area (Å²) in [6.07, 6.45) is 2.81. The number of piperidine rings is 1. The Kier molecular flexibility index (Phi) is 5.12. The molecule has 0 aromatic heterocycles. The fourth-order valence-corrected chi connectivity index (χ4v) is 5.56. The van der Waals surface area contributed by atoms with Crippen molar-refractivity contribution in [2.24, 2.45) is 0 Å².